The maximum Gasteiger partial charge on any atom is 0.231 e. The number of nitrogens with zero attached hydrogens (tertiary/aromatic N) is 2. The Hall–Kier alpha value is -2.57. The van der Waals surface area contributed by atoms with Crippen molar-refractivity contribution in [1.29, 1.82) is 0 Å². The number of nitrogens with one attached hydrogen (secondary N) is 1. The summed E-state index contributed by atoms with van der Waals surface area (Å²) in [5.41, 5.74) is 4.55. The van der Waals surface area contributed by atoms with Crippen LogP contribution in [0.25, 0.3) is 22.6 Å². The molecular weight excluding hydrogens is 366 g/mol. The van der Waals surface area contributed by atoms with Crippen LogP contribution in [0.4, 0.5) is 0 Å². The van der Waals surface area contributed by atoms with E-state index in [4.69, 9.17) is 14.5 Å². The molecule has 0 atom stereocenters. The summed E-state index contributed by atoms with van der Waals surface area (Å²) in [6, 6.07) is 11.9. The van der Waals surface area contributed by atoms with Gasteiger partial charge in [-0.25, -0.2) is 4.98 Å². The van der Waals surface area contributed by atoms with Crippen molar-refractivity contribution in [3.05, 3.63) is 47.9 Å². The molecule has 0 radical (unpaired) electrons. The highest BCUT2D eigenvalue weighted by Gasteiger charge is 2.24. The van der Waals surface area contributed by atoms with Crippen molar-refractivity contribution in [2.24, 2.45) is 0 Å². The van der Waals surface area contributed by atoms with Gasteiger partial charge >= 0.3 is 0 Å². The maximum atomic E-state index is 5.52. The molecule has 3 heterocycles. The van der Waals surface area contributed by atoms with Gasteiger partial charge in [-0.05, 0) is 37.3 Å². The Balaban J connectivity index is 0.00000131. The van der Waals surface area contributed by atoms with Crippen molar-refractivity contribution >= 4 is 12.4 Å². The van der Waals surface area contributed by atoms with Crippen molar-refractivity contribution in [3.63, 3.8) is 0 Å². The Bertz CT molecular complexity index is 948. The molecule has 6 nitrogen and oxygen atoms in total. The molecule has 2 aromatic heterocycles. The fourth-order valence-corrected chi connectivity index (χ4v) is 2.85. The van der Waals surface area contributed by atoms with Crippen molar-refractivity contribution in [3.8, 4) is 34.1 Å². The number of pyridine rings is 1. The zero-order chi connectivity index (χ0) is 17.6. The van der Waals surface area contributed by atoms with Crippen LogP contribution in [0.2, 0.25) is 0 Å². The Morgan fingerprint density at radius 1 is 1.00 bits per heavy atom. The minimum atomic E-state index is -0.0901. The van der Waals surface area contributed by atoms with Crippen LogP contribution in [0.3, 0.4) is 0 Å². The molecule has 1 aliphatic rings. The van der Waals surface area contributed by atoms with Gasteiger partial charge in [0.1, 0.15) is 5.82 Å². The minimum Gasteiger partial charge on any atom is -0.454 e. The molecule has 144 valence electrons. The predicted molar refractivity (Wildman–Crippen MR) is 108 cm³/mol. The van der Waals surface area contributed by atoms with Crippen LogP contribution in [0.5, 0.6) is 11.5 Å². The number of rotatable bonds is 2. The van der Waals surface area contributed by atoms with Gasteiger partial charge < -0.3 is 19.9 Å². The highest BCUT2D eigenvalue weighted by Crippen LogP contribution is 2.39. The number of hydrogen-bond donors (Lipinski definition) is 1. The van der Waals surface area contributed by atoms with E-state index < -0.39 is 0 Å². The minimum absolute atomic E-state index is 0. The van der Waals surface area contributed by atoms with Crippen molar-refractivity contribution in [2.45, 2.75) is 33.1 Å². The van der Waals surface area contributed by atoms with Gasteiger partial charge in [-0.15, -0.1) is 12.4 Å². The highest BCUT2D eigenvalue weighted by atomic mass is 35.5. The van der Waals surface area contributed by atoms with E-state index in [2.05, 4.69) is 30.7 Å². The van der Waals surface area contributed by atoms with Gasteiger partial charge in [-0.2, -0.15) is 0 Å². The average molecular weight is 390 g/mol. The van der Waals surface area contributed by atoms with Gasteiger partial charge in [0.15, 0.2) is 11.5 Å². The van der Waals surface area contributed by atoms with Crippen molar-refractivity contribution in [2.75, 3.05) is 6.79 Å². The van der Waals surface area contributed by atoms with Gasteiger partial charge in [0.05, 0.1) is 17.1 Å². The summed E-state index contributed by atoms with van der Waals surface area (Å²) >= 11 is 0. The standard InChI is InChI=1S/C20H21N3O2.ClH.H2O/c1-12-6-5-7-14(21-12)18-17(22-19(23-18)20(2,3)4)13-8-9-15-16(10-13)25-11-24-15;;/h5-10H,11H2,1-4H3,(H,22,23);1H;1H2. The summed E-state index contributed by atoms with van der Waals surface area (Å²) in [5.74, 6) is 2.45. The van der Waals surface area contributed by atoms with Crippen LogP contribution < -0.4 is 9.47 Å². The Kier molecular flexibility index (Phi) is 5.82. The smallest absolute Gasteiger partial charge is 0.231 e. The topological polar surface area (TPSA) is 91.5 Å². The second-order valence-electron chi connectivity index (χ2n) is 7.29. The van der Waals surface area contributed by atoms with Crippen molar-refractivity contribution < 1.29 is 14.9 Å². The van der Waals surface area contributed by atoms with Gasteiger partial charge in [-0.3, -0.25) is 4.98 Å². The van der Waals surface area contributed by atoms with E-state index in [9.17, 15) is 0 Å². The van der Waals surface area contributed by atoms with Gasteiger partial charge in [0.25, 0.3) is 0 Å². The summed E-state index contributed by atoms with van der Waals surface area (Å²) in [7, 11) is 0. The van der Waals surface area contributed by atoms with Crippen LogP contribution in [0, 0.1) is 6.92 Å². The lowest BCUT2D eigenvalue weighted by molar-refractivity contribution is 0.174. The molecule has 0 amide bonds. The van der Waals surface area contributed by atoms with Crippen LogP contribution >= 0.6 is 12.4 Å². The number of fused-ring (bicyclic) bond motifs is 1. The summed E-state index contributed by atoms with van der Waals surface area (Å²) in [4.78, 5) is 13.0. The summed E-state index contributed by atoms with van der Waals surface area (Å²) in [6.07, 6.45) is 0. The summed E-state index contributed by atoms with van der Waals surface area (Å²) in [6.45, 7) is 8.68. The second-order valence-corrected chi connectivity index (χ2v) is 7.29. The molecule has 3 aromatic rings. The third kappa shape index (κ3) is 3.91. The first-order valence-electron chi connectivity index (χ1n) is 8.36. The molecular formula is C20H24ClN3O3. The lowest BCUT2D eigenvalue weighted by Crippen LogP contribution is -2.13. The summed E-state index contributed by atoms with van der Waals surface area (Å²) in [5, 5.41) is 0. The van der Waals surface area contributed by atoms with E-state index in [1.807, 2.05) is 43.3 Å². The second kappa shape index (κ2) is 7.58. The average Bonchev–Trinajstić information content (AvgIpc) is 3.20. The molecule has 0 saturated heterocycles. The number of aromatic amines is 1. The molecule has 0 aliphatic carbocycles. The lowest BCUT2D eigenvalue weighted by atomic mass is 9.96. The first-order chi connectivity index (χ1) is 11.9. The molecule has 0 fully saturated rings. The SMILES string of the molecule is Cc1cccc(-c2[nH]c(C(C)(C)C)nc2-c2ccc3c(c2)OCO3)n1.Cl.O. The molecule has 1 aromatic carbocycles. The number of benzene rings is 1. The largest absolute Gasteiger partial charge is 0.454 e. The van der Waals surface area contributed by atoms with Gasteiger partial charge in [0, 0.05) is 16.7 Å². The van der Waals surface area contributed by atoms with Crippen molar-refractivity contribution in [1.82, 2.24) is 15.0 Å². The Morgan fingerprint density at radius 3 is 2.44 bits per heavy atom. The molecule has 0 saturated carbocycles. The van der Waals surface area contributed by atoms with E-state index in [0.717, 1.165) is 45.7 Å². The molecule has 7 heteroatoms. The molecule has 1 aliphatic heterocycles. The Morgan fingerprint density at radius 2 is 1.74 bits per heavy atom. The predicted octanol–water partition coefficient (Wildman–Crippen LogP) is 4.07. The van der Waals surface area contributed by atoms with Gasteiger partial charge in [-0.1, -0.05) is 26.8 Å². The van der Waals surface area contributed by atoms with E-state index in [1.54, 1.807) is 0 Å². The number of halogens is 1. The molecule has 3 N–H and O–H groups in total. The van der Waals surface area contributed by atoms with Crippen LogP contribution in [0.15, 0.2) is 36.4 Å². The monoisotopic (exact) mass is 389 g/mol. The molecule has 0 spiro atoms. The first-order valence-corrected chi connectivity index (χ1v) is 8.36. The number of imidazole rings is 1. The fourth-order valence-electron chi connectivity index (χ4n) is 2.85. The molecule has 4 rings (SSSR count). The fraction of sp³-hybridized carbons (Fsp3) is 0.300. The molecule has 0 bridgehead atoms. The number of hydrogen-bond acceptors (Lipinski definition) is 4. The van der Waals surface area contributed by atoms with E-state index in [1.165, 1.54) is 0 Å². The number of H-pyrrole nitrogens is 1. The number of aryl methyl sites for hydroxylation is 1. The quantitative estimate of drug-likeness (QED) is 0.715. The van der Waals surface area contributed by atoms with Crippen LogP contribution in [0.1, 0.15) is 32.3 Å². The van der Waals surface area contributed by atoms with Gasteiger partial charge in [0.2, 0.25) is 6.79 Å². The lowest BCUT2D eigenvalue weighted by Gasteiger charge is -2.14. The molecule has 27 heavy (non-hydrogen) atoms. The van der Waals surface area contributed by atoms with E-state index in [0.29, 0.717) is 0 Å². The number of aromatic nitrogens is 3. The third-order valence-electron chi connectivity index (χ3n) is 4.20. The van der Waals surface area contributed by atoms with Crippen LogP contribution in [-0.4, -0.2) is 27.2 Å². The van der Waals surface area contributed by atoms with E-state index >= 15 is 0 Å². The van der Waals surface area contributed by atoms with E-state index in [-0.39, 0.29) is 30.1 Å². The first kappa shape index (κ1) is 20.7. The van der Waals surface area contributed by atoms with Crippen LogP contribution in [-0.2, 0) is 5.41 Å². The zero-order valence-corrected chi connectivity index (χ0v) is 16.6. The highest BCUT2D eigenvalue weighted by molar-refractivity contribution is 5.85. The maximum absolute atomic E-state index is 5.52. The summed E-state index contributed by atoms with van der Waals surface area (Å²) < 4.78 is 10.9. The zero-order valence-electron chi connectivity index (χ0n) is 15.8. The molecule has 0 unspecified atom stereocenters. The normalized spacial score (nSPS) is 12.3. The number of ether oxygens (including phenoxy) is 2. The third-order valence-corrected chi connectivity index (χ3v) is 4.20. The Labute approximate surface area is 164 Å².